The third-order valence-corrected chi connectivity index (χ3v) is 7.14. The number of carbonyl (C=O) groups is 2. The summed E-state index contributed by atoms with van der Waals surface area (Å²) in [5.74, 6) is -0.0722. The van der Waals surface area contributed by atoms with Gasteiger partial charge in [0.15, 0.2) is 9.47 Å². The van der Waals surface area contributed by atoms with Gasteiger partial charge in [-0.05, 0) is 36.4 Å². The minimum Gasteiger partial charge on any atom is -0.325 e. The first-order valence-corrected chi connectivity index (χ1v) is 11.9. The molecule has 0 radical (unpaired) electrons. The highest BCUT2D eigenvalue weighted by Crippen LogP contribution is 2.26. The molecule has 0 spiro atoms. The van der Waals surface area contributed by atoms with E-state index >= 15 is 0 Å². The molecule has 152 valence electrons. The van der Waals surface area contributed by atoms with Crippen LogP contribution in [0.2, 0.25) is 5.02 Å². The van der Waals surface area contributed by atoms with E-state index in [1.807, 2.05) is 29.6 Å². The number of anilines is 2. The Hall–Kier alpha value is -2.46. The predicted molar refractivity (Wildman–Crippen MR) is 125 cm³/mol. The van der Waals surface area contributed by atoms with Crippen LogP contribution in [0.25, 0.3) is 10.2 Å². The van der Waals surface area contributed by atoms with Gasteiger partial charge in [-0.15, -0.1) is 11.3 Å². The number of rotatable bonds is 7. The van der Waals surface area contributed by atoms with Gasteiger partial charge < -0.3 is 10.6 Å². The molecule has 4 rings (SSSR count). The van der Waals surface area contributed by atoms with E-state index in [4.69, 9.17) is 11.6 Å². The van der Waals surface area contributed by atoms with E-state index in [-0.39, 0.29) is 24.0 Å². The number of hydrogen-bond donors (Lipinski definition) is 2. The number of thioether (sulfide) groups is 1. The lowest BCUT2D eigenvalue weighted by atomic mass is 10.3. The summed E-state index contributed by atoms with van der Waals surface area (Å²) >= 11 is 10.0. The highest BCUT2D eigenvalue weighted by molar-refractivity contribution is 8.01. The van der Waals surface area contributed by atoms with Crippen molar-refractivity contribution in [3.05, 3.63) is 64.6 Å². The number of carbonyl (C=O) groups excluding carboxylic acids is 2. The van der Waals surface area contributed by atoms with Crippen LogP contribution in [0.1, 0.15) is 5.69 Å². The molecule has 0 saturated heterocycles. The van der Waals surface area contributed by atoms with E-state index in [1.165, 1.54) is 34.4 Å². The molecular formula is C20H15ClN4O2S3. The van der Waals surface area contributed by atoms with Crippen LogP contribution >= 0.6 is 46.0 Å². The molecule has 0 aliphatic carbocycles. The molecule has 4 aromatic rings. The van der Waals surface area contributed by atoms with Gasteiger partial charge in [0.25, 0.3) is 0 Å². The molecule has 2 N–H and O–H groups in total. The van der Waals surface area contributed by atoms with Crippen LogP contribution in [-0.4, -0.2) is 27.5 Å². The maximum Gasteiger partial charge on any atom is 0.234 e. The third kappa shape index (κ3) is 5.57. The van der Waals surface area contributed by atoms with Crippen molar-refractivity contribution in [1.29, 1.82) is 0 Å². The van der Waals surface area contributed by atoms with Crippen LogP contribution < -0.4 is 10.6 Å². The van der Waals surface area contributed by atoms with Crippen LogP contribution in [0.3, 0.4) is 0 Å². The van der Waals surface area contributed by atoms with Gasteiger partial charge in [0.1, 0.15) is 0 Å². The van der Waals surface area contributed by atoms with Crippen molar-refractivity contribution >= 4 is 78.9 Å². The summed E-state index contributed by atoms with van der Waals surface area (Å²) in [5.41, 5.74) is 2.22. The molecule has 2 aromatic heterocycles. The number of hydrogen-bond acceptors (Lipinski definition) is 7. The van der Waals surface area contributed by atoms with Gasteiger partial charge in [0.2, 0.25) is 11.8 Å². The lowest BCUT2D eigenvalue weighted by Crippen LogP contribution is -2.14. The molecule has 6 nitrogen and oxygen atoms in total. The fourth-order valence-electron chi connectivity index (χ4n) is 2.55. The summed E-state index contributed by atoms with van der Waals surface area (Å²) in [4.78, 5) is 33.2. The number of amides is 2. The smallest absolute Gasteiger partial charge is 0.234 e. The Morgan fingerprint density at radius 1 is 1.00 bits per heavy atom. The average Bonchev–Trinajstić information content (AvgIpc) is 3.34. The molecule has 0 aliphatic heterocycles. The van der Waals surface area contributed by atoms with E-state index in [0.29, 0.717) is 21.5 Å². The largest absolute Gasteiger partial charge is 0.325 e. The SMILES string of the molecule is O=C(CSc1nc(CC(=O)Nc2nc3ccccc3s2)cs1)Nc1ccc(Cl)cc1. The molecule has 2 aromatic carbocycles. The molecule has 2 heterocycles. The quantitative estimate of drug-likeness (QED) is 0.354. The molecule has 30 heavy (non-hydrogen) atoms. The van der Waals surface area contributed by atoms with Gasteiger partial charge in [0, 0.05) is 16.1 Å². The number of benzene rings is 2. The molecule has 0 saturated carbocycles. The van der Waals surface area contributed by atoms with Crippen molar-refractivity contribution in [2.45, 2.75) is 10.8 Å². The molecule has 0 aliphatic rings. The zero-order valence-corrected chi connectivity index (χ0v) is 18.6. The zero-order valence-electron chi connectivity index (χ0n) is 15.4. The maximum absolute atomic E-state index is 12.3. The van der Waals surface area contributed by atoms with Crippen LogP contribution in [-0.2, 0) is 16.0 Å². The van der Waals surface area contributed by atoms with E-state index in [2.05, 4.69) is 20.6 Å². The van der Waals surface area contributed by atoms with Crippen LogP contribution in [0.5, 0.6) is 0 Å². The highest BCUT2D eigenvalue weighted by Gasteiger charge is 2.12. The molecule has 10 heteroatoms. The first-order valence-electron chi connectivity index (χ1n) is 8.83. The van der Waals surface area contributed by atoms with Gasteiger partial charge in [-0.25, -0.2) is 9.97 Å². The lowest BCUT2D eigenvalue weighted by molar-refractivity contribution is -0.116. The Labute approximate surface area is 189 Å². The second-order valence-electron chi connectivity index (χ2n) is 6.16. The van der Waals surface area contributed by atoms with Crippen molar-refractivity contribution in [3.8, 4) is 0 Å². The number of aromatic nitrogens is 2. The molecule has 0 bridgehead atoms. The van der Waals surface area contributed by atoms with E-state index in [0.717, 1.165) is 14.6 Å². The van der Waals surface area contributed by atoms with Crippen molar-refractivity contribution in [3.63, 3.8) is 0 Å². The Balaban J connectivity index is 1.26. The van der Waals surface area contributed by atoms with Crippen LogP contribution in [0.4, 0.5) is 10.8 Å². The number of thiazole rings is 2. The second-order valence-corrected chi connectivity index (χ2v) is 9.71. The Morgan fingerprint density at radius 2 is 1.80 bits per heavy atom. The average molecular weight is 475 g/mol. The summed E-state index contributed by atoms with van der Waals surface area (Å²) in [7, 11) is 0. The number of fused-ring (bicyclic) bond motifs is 1. The molecular weight excluding hydrogens is 460 g/mol. The maximum atomic E-state index is 12.3. The first kappa shape index (κ1) is 20.8. The van der Waals surface area contributed by atoms with Gasteiger partial charge >= 0.3 is 0 Å². The number of para-hydroxylation sites is 1. The van der Waals surface area contributed by atoms with Gasteiger partial charge in [-0.1, -0.05) is 46.8 Å². The molecule has 0 unspecified atom stereocenters. The van der Waals surface area contributed by atoms with Crippen molar-refractivity contribution in [2.24, 2.45) is 0 Å². The summed E-state index contributed by atoms with van der Waals surface area (Å²) < 4.78 is 1.76. The molecule has 2 amide bonds. The number of halogens is 1. The normalized spacial score (nSPS) is 10.8. The summed E-state index contributed by atoms with van der Waals surface area (Å²) in [6.45, 7) is 0. The third-order valence-electron chi connectivity index (χ3n) is 3.87. The molecule has 0 atom stereocenters. The van der Waals surface area contributed by atoms with Gasteiger partial charge in [0.05, 0.1) is 28.1 Å². The van der Waals surface area contributed by atoms with E-state index < -0.39 is 0 Å². The summed E-state index contributed by atoms with van der Waals surface area (Å²) in [6, 6.07) is 14.7. The Kier molecular flexibility index (Phi) is 6.63. The topological polar surface area (TPSA) is 84.0 Å². The number of nitrogens with zero attached hydrogens (tertiary/aromatic N) is 2. The molecule has 0 fully saturated rings. The summed E-state index contributed by atoms with van der Waals surface area (Å²) in [6.07, 6.45) is 0.157. The zero-order chi connectivity index (χ0) is 20.9. The minimum absolute atomic E-state index is 0.132. The highest BCUT2D eigenvalue weighted by atomic mass is 35.5. The first-order chi connectivity index (χ1) is 14.5. The monoisotopic (exact) mass is 474 g/mol. The fraction of sp³-hybridized carbons (Fsp3) is 0.100. The second kappa shape index (κ2) is 9.57. The van der Waals surface area contributed by atoms with Crippen LogP contribution in [0.15, 0.2) is 58.3 Å². The van der Waals surface area contributed by atoms with E-state index in [9.17, 15) is 9.59 Å². The van der Waals surface area contributed by atoms with E-state index in [1.54, 1.807) is 24.3 Å². The lowest BCUT2D eigenvalue weighted by Gasteiger charge is -2.04. The Bertz CT molecular complexity index is 1160. The minimum atomic E-state index is -0.170. The number of nitrogens with one attached hydrogen (secondary N) is 2. The van der Waals surface area contributed by atoms with Crippen molar-refractivity contribution in [1.82, 2.24) is 9.97 Å². The van der Waals surface area contributed by atoms with Gasteiger partial charge in [-0.2, -0.15) is 0 Å². The van der Waals surface area contributed by atoms with Crippen molar-refractivity contribution < 1.29 is 9.59 Å². The van der Waals surface area contributed by atoms with Crippen molar-refractivity contribution in [2.75, 3.05) is 16.4 Å². The van der Waals surface area contributed by atoms with Gasteiger partial charge in [-0.3, -0.25) is 9.59 Å². The Morgan fingerprint density at radius 3 is 2.60 bits per heavy atom. The fourth-order valence-corrected chi connectivity index (χ4v) is 5.20. The van der Waals surface area contributed by atoms with Crippen LogP contribution in [0, 0.1) is 0 Å². The standard InChI is InChI=1S/C20H15ClN4O2S3/c21-12-5-7-13(8-6-12)22-18(27)11-29-20-23-14(10-28-20)9-17(26)25-19-24-15-3-1-2-4-16(15)30-19/h1-8,10H,9,11H2,(H,22,27)(H,24,25,26). The predicted octanol–water partition coefficient (Wildman–Crippen LogP) is 5.32. The summed E-state index contributed by atoms with van der Waals surface area (Å²) in [5, 5.41) is 8.65.